The van der Waals surface area contributed by atoms with E-state index >= 15 is 0 Å². The monoisotopic (exact) mass is 442 g/mol. The van der Waals surface area contributed by atoms with Crippen LogP contribution < -0.4 is 15.0 Å². The van der Waals surface area contributed by atoms with Gasteiger partial charge in [-0.3, -0.25) is 0 Å². The van der Waals surface area contributed by atoms with Crippen LogP contribution >= 0.6 is 0 Å². The molecule has 5 rings (SSSR count). The summed E-state index contributed by atoms with van der Waals surface area (Å²) in [5, 5.41) is 1.34. The number of hydrogen-bond acceptors (Lipinski definition) is 2. The maximum absolute atomic E-state index is 2.33. The molecule has 3 heteroatoms. The van der Waals surface area contributed by atoms with Gasteiger partial charge in [-0.15, -0.1) is 0 Å². The summed E-state index contributed by atoms with van der Waals surface area (Å²) in [4.78, 5) is 4.66. The second kappa shape index (κ2) is 9.59. The first-order chi connectivity index (χ1) is 16.3. The Morgan fingerprint density at radius 2 is 0.606 bits per heavy atom. The molecule has 160 valence electrons. The minimum absolute atomic E-state index is 0.959. The molecule has 0 aliphatic rings. The van der Waals surface area contributed by atoms with E-state index in [9.17, 15) is 0 Å². The van der Waals surface area contributed by atoms with Crippen molar-refractivity contribution in [1.29, 1.82) is 0 Å². The number of anilines is 6. The molecule has 0 fully saturated rings. The lowest BCUT2D eigenvalue weighted by molar-refractivity contribution is 1.25. The van der Waals surface area contributed by atoms with Crippen LogP contribution in [-0.2, 0) is 0 Å². The summed E-state index contributed by atoms with van der Waals surface area (Å²) in [5.41, 5.74) is 6.90. The maximum atomic E-state index is 2.33. The molecule has 0 spiro atoms. The van der Waals surface area contributed by atoms with Gasteiger partial charge in [0.15, 0.2) is 0 Å². The first-order valence-corrected chi connectivity index (χ1v) is 12.2. The summed E-state index contributed by atoms with van der Waals surface area (Å²) in [7, 11) is 0.959. The number of para-hydroxylation sites is 4. The first kappa shape index (κ1) is 20.8. The molecule has 0 aliphatic carbocycles. The van der Waals surface area contributed by atoms with Crippen molar-refractivity contribution in [3.8, 4) is 0 Å². The fraction of sp³-hybridized carbons (Fsp3) is 0. The Hall–Kier alpha value is -4.08. The van der Waals surface area contributed by atoms with Gasteiger partial charge < -0.3 is 9.80 Å². The molecule has 0 saturated heterocycles. The van der Waals surface area contributed by atoms with Gasteiger partial charge in [0.1, 0.15) is 0 Å². The average Bonchev–Trinajstić information content (AvgIpc) is 2.87. The molecule has 0 atom stereocenters. The molecule has 2 nitrogen and oxygen atoms in total. The Kier molecular flexibility index (Phi) is 6.05. The normalized spacial score (nSPS) is 10.7. The molecule has 0 saturated carbocycles. The van der Waals surface area contributed by atoms with Gasteiger partial charge >= 0.3 is 0 Å². The summed E-state index contributed by atoms with van der Waals surface area (Å²) in [6.45, 7) is 0. The second-order valence-electron chi connectivity index (χ2n) is 8.04. The van der Waals surface area contributed by atoms with Gasteiger partial charge in [-0.25, -0.2) is 0 Å². The molecule has 0 amide bonds. The molecule has 33 heavy (non-hydrogen) atoms. The minimum atomic E-state index is 0.959. The molecule has 0 heterocycles. The van der Waals surface area contributed by atoms with Crippen molar-refractivity contribution in [2.75, 3.05) is 9.80 Å². The number of benzene rings is 5. The smallest absolute Gasteiger partial charge is 0.0480 e. The standard InChI is InChI=1S/C30H26N2Si/c33-30-22-28(31(24-13-5-1-6-14-24)25-15-7-2-8-16-25)21-29(23-30)32(26-17-9-3-10-18-26)27-19-11-4-12-20-27/h1-23H,33H3. The molecule has 0 unspecified atom stereocenters. The van der Waals surface area contributed by atoms with Gasteiger partial charge in [-0.1, -0.05) is 78.0 Å². The molecule has 5 aromatic carbocycles. The molecule has 5 aromatic rings. The van der Waals surface area contributed by atoms with E-state index in [4.69, 9.17) is 0 Å². The highest BCUT2D eigenvalue weighted by Gasteiger charge is 2.17. The third-order valence-corrected chi connectivity index (χ3v) is 6.20. The van der Waals surface area contributed by atoms with Crippen molar-refractivity contribution in [3.63, 3.8) is 0 Å². The summed E-state index contributed by atoms with van der Waals surface area (Å²) in [5.74, 6) is 0. The number of rotatable bonds is 6. The van der Waals surface area contributed by atoms with Crippen LogP contribution in [0.4, 0.5) is 34.1 Å². The molecule has 0 N–H and O–H groups in total. The lowest BCUT2D eigenvalue weighted by Gasteiger charge is -2.30. The zero-order valence-corrected chi connectivity index (χ0v) is 20.7. The Labute approximate surface area is 198 Å². The highest BCUT2D eigenvalue weighted by Crippen LogP contribution is 2.39. The lowest BCUT2D eigenvalue weighted by Crippen LogP contribution is -2.17. The molecular formula is C30H26N2Si. The van der Waals surface area contributed by atoms with Crippen molar-refractivity contribution >= 4 is 49.6 Å². The van der Waals surface area contributed by atoms with Gasteiger partial charge in [0.05, 0.1) is 0 Å². The maximum Gasteiger partial charge on any atom is 0.0480 e. The van der Waals surface area contributed by atoms with Crippen LogP contribution in [0.5, 0.6) is 0 Å². The Morgan fingerprint density at radius 1 is 0.333 bits per heavy atom. The third kappa shape index (κ3) is 4.59. The van der Waals surface area contributed by atoms with E-state index in [1.54, 1.807) is 0 Å². The summed E-state index contributed by atoms with van der Waals surface area (Å²) >= 11 is 0. The van der Waals surface area contributed by atoms with Crippen molar-refractivity contribution < 1.29 is 0 Å². The average molecular weight is 443 g/mol. The number of hydrogen-bond donors (Lipinski definition) is 0. The topological polar surface area (TPSA) is 6.48 Å². The lowest BCUT2D eigenvalue weighted by atomic mass is 10.1. The van der Waals surface area contributed by atoms with Gasteiger partial charge in [0.25, 0.3) is 0 Å². The zero-order chi connectivity index (χ0) is 22.5. The van der Waals surface area contributed by atoms with Crippen LogP contribution in [0, 0.1) is 0 Å². The first-order valence-electron chi connectivity index (χ1n) is 11.2. The van der Waals surface area contributed by atoms with Crippen LogP contribution in [0.1, 0.15) is 0 Å². The van der Waals surface area contributed by atoms with E-state index in [1.807, 2.05) is 0 Å². The predicted octanol–water partition coefficient (Wildman–Crippen LogP) is 6.62. The second-order valence-corrected chi connectivity index (χ2v) is 9.19. The minimum Gasteiger partial charge on any atom is -0.310 e. The van der Waals surface area contributed by atoms with E-state index < -0.39 is 0 Å². The van der Waals surface area contributed by atoms with E-state index in [-0.39, 0.29) is 0 Å². The molecule has 0 aromatic heterocycles. The largest absolute Gasteiger partial charge is 0.310 e. The van der Waals surface area contributed by atoms with Crippen LogP contribution in [0.25, 0.3) is 0 Å². The van der Waals surface area contributed by atoms with Gasteiger partial charge in [0.2, 0.25) is 0 Å². The highest BCUT2D eigenvalue weighted by molar-refractivity contribution is 6.33. The molecule has 0 aliphatic heterocycles. The predicted molar refractivity (Wildman–Crippen MR) is 145 cm³/mol. The van der Waals surface area contributed by atoms with Crippen LogP contribution in [0.15, 0.2) is 140 Å². The fourth-order valence-electron chi connectivity index (χ4n) is 4.20. The summed E-state index contributed by atoms with van der Waals surface area (Å²) < 4.78 is 0. The zero-order valence-electron chi connectivity index (χ0n) is 18.7. The molecule has 0 bridgehead atoms. The number of nitrogens with zero attached hydrogens (tertiary/aromatic N) is 2. The Bertz CT molecular complexity index is 1130. The highest BCUT2D eigenvalue weighted by atomic mass is 28.1. The third-order valence-electron chi connectivity index (χ3n) is 5.62. The van der Waals surface area contributed by atoms with Gasteiger partial charge in [0, 0.05) is 44.4 Å². The molecule has 0 radical (unpaired) electrons. The van der Waals surface area contributed by atoms with Crippen molar-refractivity contribution in [3.05, 3.63) is 140 Å². The van der Waals surface area contributed by atoms with Gasteiger partial charge in [-0.05, 0) is 66.7 Å². The summed E-state index contributed by atoms with van der Waals surface area (Å²) in [6.07, 6.45) is 0. The Balaban J connectivity index is 1.69. The van der Waals surface area contributed by atoms with Crippen molar-refractivity contribution in [2.24, 2.45) is 0 Å². The van der Waals surface area contributed by atoms with Crippen LogP contribution in [0.3, 0.4) is 0 Å². The van der Waals surface area contributed by atoms with Crippen LogP contribution in [0.2, 0.25) is 0 Å². The van der Waals surface area contributed by atoms with E-state index in [0.29, 0.717) is 0 Å². The van der Waals surface area contributed by atoms with Crippen molar-refractivity contribution in [1.82, 2.24) is 0 Å². The van der Waals surface area contributed by atoms with Crippen LogP contribution in [-0.4, -0.2) is 10.2 Å². The van der Waals surface area contributed by atoms with E-state index in [0.717, 1.165) is 44.4 Å². The van der Waals surface area contributed by atoms with Gasteiger partial charge in [-0.2, -0.15) is 0 Å². The van der Waals surface area contributed by atoms with E-state index in [1.165, 1.54) is 5.19 Å². The molecular weight excluding hydrogens is 416 g/mol. The Morgan fingerprint density at radius 3 is 0.879 bits per heavy atom. The fourth-order valence-corrected chi connectivity index (χ4v) is 4.80. The van der Waals surface area contributed by atoms with E-state index in [2.05, 4.69) is 149 Å². The van der Waals surface area contributed by atoms with Crippen molar-refractivity contribution in [2.45, 2.75) is 0 Å². The summed E-state index contributed by atoms with van der Waals surface area (Å²) in [6, 6.07) is 49.2. The quantitative estimate of drug-likeness (QED) is 0.273. The SMILES string of the molecule is [SiH3]c1cc(N(c2ccccc2)c2ccccc2)cc(N(c2ccccc2)c2ccccc2)c1.